The van der Waals surface area contributed by atoms with E-state index in [0.717, 1.165) is 4.31 Å². The van der Waals surface area contributed by atoms with Gasteiger partial charge in [-0.25, -0.2) is 13.9 Å². The molecule has 1 atom stereocenters. The number of amides is 1. The average Bonchev–Trinajstić information content (AvgIpc) is 2.80. The van der Waals surface area contributed by atoms with Crippen molar-refractivity contribution in [1.29, 1.82) is 0 Å². The van der Waals surface area contributed by atoms with E-state index in [1.54, 1.807) is 23.8 Å². The zero-order chi connectivity index (χ0) is 22.4. The van der Waals surface area contributed by atoms with Crippen molar-refractivity contribution in [1.82, 2.24) is 14.8 Å². The number of hydroxylamine groups is 1. The molecule has 31 heavy (non-hydrogen) atoms. The van der Waals surface area contributed by atoms with Gasteiger partial charge in [0.25, 0.3) is 5.91 Å². The first kappa shape index (κ1) is 23.1. The SMILES string of the molecule is COc1ccc(S(=O)(=O)N(Cc2cccnc2)C(C(=O)NO)C2CCC(O)CC2)cc1. The van der Waals surface area contributed by atoms with Crippen molar-refractivity contribution < 1.29 is 28.3 Å². The largest absolute Gasteiger partial charge is 0.497 e. The van der Waals surface area contributed by atoms with Crippen LogP contribution in [0, 0.1) is 5.92 Å². The highest BCUT2D eigenvalue weighted by Gasteiger charge is 2.42. The van der Waals surface area contributed by atoms with Gasteiger partial charge in [0.05, 0.1) is 18.1 Å². The molecule has 1 aliphatic rings. The molecule has 1 fully saturated rings. The van der Waals surface area contributed by atoms with Crippen LogP contribution in [0.5, 0.6) is 5.75 Å². The number of nitrogens with one attached hydrogen (secondary N) is 1. The van der Waals surface area contributed by atoms with Gasteiger partial charge in [-0.1, -0.05) is 6.07 Å². The predicted molar refractivity (Wildman–Crippen MR) is 112 cm³/mol. The Morgan fingerprint density at radius 1 is 1.23 bits per heavy atom. The zero-order valence-corrected chi connectivity index (χ0v) is 18.0. The van der Waals surface area contributed by atoms with Crippen LogP contribution in [0.15, 0.2) is 53.7 Å². The monoisotopic (exact) mass is 449 g/mol. The molecule has 0 aliphatic heterocycles. The minimum absolute atomic E-state index is 0.00349. The molecule has 1 heterocycles. The van der Waals surface area contributed by atoms with E-state index in [-0.39, 0.29) is 17.4 Å². The molecule has 1 amide bonds. The Morgan fingerprint density at radius 2 is 1.90 bits per heavy atom. The maximum atomic E-state index is 13.7. The van der Waals surface area contributed by atoms with Crippen molar-refractivity contribution in [2.24, 2.45) is 5.92 Å². The second-order valence-corrected chi connectivity index (χ2v) is 9.47. The van der Waals surface area contributed by atoms with Crippen molar-refractivity contribution in [3.63, 3.8) is 0 Å². The first-order chi connectivity index (χ1) is 14.9. The molecular weight excluding hydrogens is 422 g/mol. The molecule has 3 N–H and O–H groups in total. The summed E-state index contributed by atoms with van der Waals surface area (Å²) in [6.45, 7) is -0.0979. The summed E-state index contributed by atoms with van der Waals surface area (Å²) in [5.41, 5.74) is 2.24. The zero-order valence-electron chi connectivity index (χ0n) is 17.2. The van der Waals surface area contributed by atoms with Crippen LogP contribution in [-0.4, -0.2) is 53.2 Å². The Balaban J connectivity index is 2.05. The number of aromatic nitrogens is 1. The highest BCUT2D eigenvalue weighted by molar-refractivity contribution is 7.89. The topological polar surface area (TPSA) is 129 Å². The van der Waals surface area contributed by atoms with Gasteiger partial charge in [0.15, 0.2) is 0 Å². The van der Waals surface area contributed by atoms with Crippen molar-refractivity contribution >= 4 is 15.9 Å². The summed E-state index contributed by atoms with van der Waals surface area (Å²) >= 11 is 0. The number of hydrogen-bond acceptors (Lipinski definition) is 7. The van der Waals surface area contributed by atoms with Crippen LogP contribution in [-0.2, 0) is 21.4 Å². The molecule has 0 spiro atoms. The number of rotatable bonds is 8. The molecule has 0 saturated heterocycles. The molecule has 1 aromatic heterocycles. The van der Waals surface area contributed by atoms with E-state index in [0.29, 0.717) is 37.0 Å². The van der Waals surface area contributed by atoms with Crippen LogP contribution in [0.1, 0.15) is 31.2 Å². The number of methoxy groups -OCH3 is 1. The van der Waals surface area contributed by atoms with Crippen LogP contribution in [0.25, 0.3) is 0 Å². The molecule has 168 valence electrons. The highest BCUT2D eigenvalue weighted by Crippen LogP contribution is 2.33. The van der Waals surface area contributed by atoms with E-state index < -0.39 is 28.1 Å². The molecule has 3 rings (SSSR count). The third kappa shape index (κ3) is 5.40. The predicted octanol–water partition coefficient (Wildman–Crippen LogP) is 1.71. The second-order valence-electron chi connectivity index (χ2n) is 7.58. The molecular formula is C21H27N3O6S. The lowest BCUT2D eigenvalue weighted by atomic mass is 9.82. The molecule has 10 heteroatoms. The lowest BCUT2D eigenvalue weighted by Crippen LogP contribution is -2.53. The van der Waals surface area contributed by atoms with Gasteiger partial charge >= 0.3 is 0 Å². The Labute approximate surface area is 181 Å². The fourth-order valence-corrected chi connectivity index (χ4v) is 5.59. The maximum Gasteiger partial charge on any atom is 0.262 e. The van der Waals surface area contributed by atoms with Crippen molar-refractivity contribution in [2.45, 2.75) is 49.3 Å². The summed E-state index contributed by atoms with van der Waals surface area (Å²) in [6.07, 6.45) is 4.48. The Morgan fingerprint density at radius 3 is 2.45 bits per heavy atom. The summed E-state index contributed by atoms with van der Waals surface area (Å²) < 4.78 is 33.5. The number of sulfonamides is 1. The van der Waals surface area contributed by atoms with E-state index in [2.05, 4.69) is 4.98 Å². The number of pyridine rings is 1. The molecule has 9 nitrogen and oxygen atoms in total. The first-order valence-corrected chi connectivity index (χ1v) is 11.5. The van der Waals surface area contributed by atoms with E-state index in [9.17, 15) is 23.5 Å². The number of aliphatic hydroxyl groups excluding tert-OH is 1. The number of aliphatic hydroxyl groups is 1. The van der Waals surface area contributed by atoms with Crippen LogP contribution in [0.3, 0.4) is 0 Å². The number of carbonyl (C=O) groups is 1. The van der Waals surface area contributed by atoms with Gasteiger partial charge in [-0.15, -0.1) is 0 Å². The number of hydrogen-bond donors (Lipinski definition) is 3. The third-order valence-corrected chi connectivity index (χ3v) is 7.45. The molecule has 0 radical (unpaired) electrons. The second kappa shape index (κ2) is 10.2. The van der Waals surface area contributed by atoms with Crippen LogP contribution >= 0.6 is 0 Å². The molecule has 1 aliphatic carbocycles. The lowest BCUT2D eigenvalue weighted by molar-refractivity contribution is -0.136. The summed E-state index contributed by atoms with van der Waals surface area (Å²) in [5, 5.41) is 19.3. The molecule has 1 unspecified atom stereocenters. The van der Waals surface area contributed by atoms with Gasteiger partial charge in [-0.05, 0) is 67.5 Å². The lowest BCUT2D eigenvalue weighted by Gasteiger charge is -2.37. The summed E-state index contributed by atoms with van der Waals surface area (Å²) in [5.74, 6) is -0.661. The van der Waals surface area contributed by atoms with Crippen molar-refractivity contribution in [3.05, 3.63) is 54.4 Å². The van der Waals surface area contributed by atoms with Crippen LogP contribution in [0.2, 0.25) is 0 Å². The third-order valence-electron chi connectivity index (χ3n) is 5.60. The Hall–Kier alpha value is -2.53. The maximum absolute atomic E-state index is 13.7. The fourth-order valence-electron chi connectivity index (χ4n) is 3.95. The van der Waals surface area contributed by atoms with E-state index >= 15 is 0 Å². The number of nitrogens with zero attached hydrogens (tertiary/aromatic N) is 2. The van der Waals surface area contributed by atoms with E-state index in [1.807, 2.05) is 0 Å². The van der Waals surface area contributed by atoms with E-state index in [4.69, 9.17) is 4.74 Å². The molecule has 0 bridgehead atoms. The first-order valence-electron chi connectivity index (χ1n) is 10.0. The summed E-state index contributed by atoms with van der Waals surface area (Å²) in [6, 6.07) is 8.17. The number of benzene rings is 1. The fraction of sp³-hybridized carbons (Fsp3) is 0.429. The van der Waals surface area contributed by atoms with Gasteiger partial charge in [-0.2, -0.15) is 4.31 Å². The number of ether oxygens (including phenoxy) is 1. The summed E-state index contributed by atoms with van der Waals surface area (Å²) in [7, 11) is -2.64. The van der Waals surface area contributed by atoms with Crippen molar-refractivity contribution in [3.8, 4) is 5.75 Å². The molecule has 1 saturated carbocycles. The molecule has 1 aromatic carbocycles. The minimum Gasteiger partial charge on any atom is -0.497 e. The van der Waals surface area contributed by atoms with Gasteiger partial charge in [-0.3, -0.25) is 15.0 Å². The smallest absolute Gasteiger partial charge is 0.262 e. The molecule has 2 aromatic rings. The van der Waals surface area contributed by atoms with Gasteiger partial charge in [0, 0.05) is 18.9 Å². The van der Waals surface area contributed by atoms with Gasteiger partial charge in [0.2, 0.25) is 10.0 Å². The van der Waals surface area contributed by atoms with Crippen LogP contribution in [0.4, 0.5) is 0 Å². The van der Waals surface area contributed by atoms with Gasteiger partial charge < -0.3 is 9.84 Å². The average molecular weight is 450 g/mol. The Bertz CT molecular complexity index is 960. The Kier molecular flexibility index (Phi) is 7.60. The number of carbonyl (C=O) groups excluding carboxylic acids is 1. The van der Waals surface area contributed by atoms with Crippen LogP contribution < -0.4 is 10.2 Å². The normalized spacial score (nSPS) is 20.3. The van der Waals surface area contributed by atoms with Crippen molar-refractivity contribution in [2.75, 3.05) is 7.11 Å². The standard InChI is InChI=1S/C21H27N3O6S/c1-30-18-8-10-19(11-9-18)31(28,29)24(14-15-3-2-12-22-13-15)20(21(26)23-27)16-4-6-17(25)7-5-16/h2-3,8-13,16-17,20,25,27H,4-7,14H2,1H3,(H,23,26). The quantitative estimate of drug-likeness (QED) is 0.413. The van der Waals surface area contributed by atoms with Gasteiger partial charge in [0.1, 0.15) is 11.8 Å². The summed E-state index contributed by atoms with van der Waals surface area (Å²) in [4.78, 5) is 16.8. The minimum atomic E-state index is -4.13. The van der Waals surface area contributed by atoms with E-state index in [1.165, 1.54) is 37.6 Å². The highest BCUT2D eigenvalue weighted by atomic mass is 32.2.